The Bertz CT molecular complexity index is 657. The van der Waals surface area contributed by atoms with Gasteiger partial charge in [0.1, 0.15) is 17.8 Å². The van der Waals surface area contributed by atoms with E-state index in [9.17, 15) is 0 Å². The molecule has 0 bridgehead atoms. The second-order valence-electron chi connectivity index (χ2n) is 4.62. The molecule has 3 aromatic rings. The lowest BCUT2D eigenvalue weighted by Crippen LogP contribution is -2.27. The van der Waals surface area contributed by atoms with Gasteiger partial charge in [-0.3, -0.25) is 4.68 Å². The van der Waals surface area contributed by atoms with Gasteiger partial charge in [-0.2, -0.15) is 5.10 Å². The second kappa shape index (κ2) is 4.72. The molecule has 0 aromatic carbocycles. The Labute approximate surface area is 110 Å². The lowest BCUT2D eigenvalue weighted by Gasteiger charge is -2.22. The maximum Gasteiger partial charge on any atom is 0.142 e. The van der Waals surface area contributed by atoms with Crippen LogP contribution in [0.15, 0.2) is 37.1 Å². The van der Waals surface area contributed by atoms with E-state index >= 15 is 0 Å². The van der Waals surface area contributed by atoms with E-state index in [0.717, 1.165) is 16.9 Å². The molecule has 0 fully saturated rings. The molecule has 0 aliphatic rings. The molecule has 2 atom stereocenters. The van der Waals surface area contributed by atoms with Crippen LogP contribution in [0, 0.1) is 0 Å². The van der Waals surface area contributed by atoms with Crippen LogP contribution < -0.4 is 5.32 Å². The average Bonchev–Trinajstić information content (AvgIpc) is 3.09. The Hall–Kier alpha value is -2.37. The van der Waals surface area contributed by atoms with E-state index < -0.39 is 0 Å². The van der Waals surface area contributed by atoms with Crippen molar-refractivity contribution in [1.29, 1.82) is 0 Å². The molecule has 3 aromatic heterocycles. The van der Waals surface area contributed by atoms with Crippen molar-refractivity contribution >= 4 is 16.9 Å². The van der Waals surface area contributed by atoms with Crippen LogP contribution >= 0.6 is 0 Å². The topological polar surface area (TPSA) is 71.4 Å². The SMILES string of the molecule is CC(Nc1ncnc2[nH]ccc12)C(C)n1cccn1. The van der Waals surface area contributed by atoms with Gasteiger partial charge in [-0.05, 0) is 26.0 Å². The number of nitrogens with one attached hydrogen (secondary N) is 2. The number of nitrogens with zero attached hydrogens (tertiary/aromatic N) is 4. The lowest BCUT2D eigenvalue weighted by atomic mass is 10.1. The highest BCUT2D eigenvalue weighted by Gasteiger charge is 2.15. The first kappa shape index (κ1) is 11.7. The molecule has 2 unspecified atom stereocenters. The third-order valence-corrected chi connectivity index (χ3v) is 3.38. The van der Waals surface area contributed by atoms with Gasteiger partial charge in [0, 0.05) is 24.6 Å². The largest absolute Gasteiger partial charge is 0.365 e. The van der Waals surface area contributed by atoms with E-state index in [2.05, 4.69) is 39.2 Å². The average molecular weight is 256 g/mol. The van der Waals surface area contributed by atoms with Crippen molar-refractivity contribution in [1.82, 2.24) is 24.7 Å². The number of aromatic amines is 1. The van der Waals surface area contributed by atoms with Crippen molar-refractivity contribution < 1.29 is 0 Å². The fourth-order valence-electron chi connectivity index (χ4n) is 2.07. The number of anilines is 1. The number of hydrogen-bond acceptors (Lipinski definition) is 4. The van der Waals surface area contributed by atoms with Gasteiger partial charge in [-0.15, -0.1) is 0 Å². The van der Waals surface area contributed by atoms with Crippen LogP contribution in [-0.2, 0) is 0 Å². The first-order chi connectivity index (χ1) is 9.25. The summed E-state index contributed by atoms with van der Waals surface area (Å²) in [7, 11) is 0. The number of rotatable bonds is 4. The van der Waals surface area contributed by atoms with E-state index in [-0.39, 0.29) is 12.1 Å². The van der Waals surface area contributed by atoms with E-state index in [4.69, 9.17) is 0 Å². The Morgan fingerprint density at radius 1 is 1.32 bits per heavy atom. The number of H-pyrrole nitrogens is 1. The van der Waals surface area contributed by atoms with E-state index in [1.54, 1.807) is 12.5 Å². The van der Waals surface area contributed by atoms with Crippen LogP contribution in [0.4, 0.5) is 5.82 Å². The maximum atomic E-state index is 4.31. The number of aromatic nitrogens is 5. The molecular formula is C13H16N6. The summed E-state index contributed by atoms with van der Waals surface area (Å²) in [6.07, 6.45) is 7.19. The predicted octanol–water partition coefficient (Wildman–Crippen LogP) is 2.22. The molecular weight excluding hydrogens is 240 g/mol. The Kier molecular flexibility index (Phi) is 2.91. The van der Waals surface area contributed by atoms with Gasteiger partial charge in [0.2, 0.25) is 0 Å². The van der Waals surface area contributed by atoms with Crippen molar-refractivity contribution in [3.05, 3.63) is 37.1 Å². The van der Waals surface area contributed by atoms with Crippen molar-refractivity contribution in [2.24, 2.45) is 0 Å². The Balaban J connectivity index is 1.83. The summed E-state index contributed by atoms with van der Waals surface area (Å²) in [5, 5.41) is 8.70. The maximum absolute atomic E-state index is 4.31. The summed E-state index contributed by atoms with van der Waals surface area (Å²) >= 11 is 0. The van der Waals surface area contributed by atoms with Crippen LogP contribution in [0.5, 0.6) is 0 Å². The second-order valence-corrected chi connectivity index (χ2v) is 4.62. The quantitative estimate of drug-likeness (QED) is 0.750. The summed E-state index contributed by atoms with van der Waals surface area (Å²) in [4.78, 5) is 11.6. The lowest BCUT2D eigenvalue weighted by molar-refractivity contribution is 0.443. The van der Waals surface area contributed by atoms with Crippen LogP contribution in [0.25, 0.3) is 11.0 Å². The minimum atomic E-state index is 0.202. The van der Waals surface area contributed by atoms with Crippen LogP contribution in [0.2, 0.25) is 0 Å². The van der Waals surface area contributed by atoms with Crippen molar-refractivity contribution in [3.63, 3.8) is 0 Å². The molecule has 0 aliphatic heterocycles. The Morgan fingerprint density at radius 3 is 3.00 bits per heavy atom. The zero-order valence-corrected chi connectivity index (χ0v) is 10.9. The molecule has 6 heteroatoms. The molecule has 6 nitrogen and oxygen atoms in total. The van der Waals surface area contributed by atoms with Crippen LogP contribution in [0.1, 0.15) is 19.9 Å². The molecule has 0 saturated heterocycles. The van der Waals surface area contributed by atoms with Crippen molar-refractivity contribution in [2.75, 3.05) is 5.32 Å². The summed E-state index contributed by atoms with van der Waals surface area (Å²) < 4.78 is 1.94. The molecule has 98 valence electrons. The fourth-order valence-corrected chi connectivity index (χ4v) is 2.07. The monoisotopic (exact) mass is 256 g/mol. The van der Waals surface area contributed by atoms with E-state index in [1.807, 2.05) is 29.2 Å². The normalized spacial score (nSPS) is 14.4. The number of fused-ring (bicyclic) bond motifs is 1. The fraction of sp³-hybridized carbons (Fsp3) is 0.308. The van der Waals surface area contributed by atoms with Crippen molar-refractivity contribution in [3.8, 4) is 0 Å². The van der Waals surface area contributed by atoms with Crippen LogP contribution in [0.3, 0.4) is 0 Å². The molecule has 19 heavy (non-hydrogen) atoms. The molecule has 2 N–H and O–H groups in total. The highest BCUT2D eigenvalue weighted by Crippen LogP contribution is 2.21. The summed E-state index contributed by atoms with van der Waals surface area (Å²) in [6.45, 7) is 4.24. The minimum Gasteiger partial charge on any atom is -0.365 e. The molecule has 3 rings (SSSR count). The molecule has 0 amide bonds. The highest BCUT2D eigenvalue weighted by molar-refractivity contribution is 5.86. The molecule has 0 radical (unpaired) electrons. The van der Waals surface area contributed by atoms with Gasteiger partial charge in [0.25, 0.3) is 0 Å². The summed E-state index contributed by atoms with van der Waals surface area (Å²) in [5.41, 5.74) is 0.844. The first-order valence-electron chi connectivity index (χ1n) is 6.29. The van der Waals surface area contributed by atoms with Gasteiger partial charge < -0.3 is 10.3 Å². The standard InChI is InChI=1S/C13H16N6/c1-9(10(2)19-7-3-5-17-19)18-13-11-4-6-14-12(11)15-8-16-13/h3-10H,1-2H3,(H2,14,15,16,18). The first-order valence-corrected chi connectivity index (χ1v) is 6.29. The van der Waals surface area contributed by atoms with E-state index in [0.29, 0.717) is 0 Å². The Morgan fingerprint density at radius 2 is 2.21 bits per heavy atom. The molecule has 0 saturated carbocycles. The van der Waals surface area contributed by atoms with Gasteiger partial charge in [0.15, 0.2) is 0 Å². The van der Waals surface area contributed by atoms with E-state index in [1.165, 1.54) is 0 Å². The summed E-state index contributed by atoms with van der Waals surface area (Å²) in [6, 6.07) is 4.34. The van der Waals surface area contributed by atoms with Crippen LogP contribution in [-0.4, -0.2) is 30.8 Å². The minimum absolute atomic E-state index is 0.202. The van der Waals surface area contributed by atoms with Gasteiger partial charge >= 0.3 is 0 Å². The highest BCUT2D eigenvalue weighted by atomic mass is 15.3. The third-order valence-electron chi connectivity index (χ3n) is 3.38. The van der Waals surface area contributed by atoms with Gasteiger partial charge in [-0.25, -0.2) is 9.97 Å². The predicted molar refractivity (Wildman–Crippen MR) is 73.9 cm³/mol. The smallest absolute Gasteiger partial charge is 0.142 e. The zero-order valence-electron chi connectivity index (χ0n) is 10.9. The van der Waals surface area contributed by atoms with Crippen molar-refractivity contribution in [2.45, 2.75) is 25.9 Å². The number of hydrogen-bond donors (Lipinski definition) is 2. The van der Waals surface area contributed by atoms with Gasteiger partial charge in [-0.1, -0.05) is 0 Å². The molecule has 0 spiro atoms. The molecule has 3 heterocycles. The summed E-state index contributed by atoms with van der Waals surface area (Å²) in [5.74, 6) is 0.845. The molecule has 0 aliphatic carbocycles. The third kappa shape index (κ3) is 2.16. The van der Waals surface area contributed by atoms with Gasteiger partial charge in [0.05, 0.1) is 11.4 Å². The zero-order chi connectivity index (χ0) is 13.2.